The Hall–Kier alpha value is -1.23. The number of likely N-dealkylation sites (N-methyl/N-ethyl adjacent to an activating group) is 1. The summed E-state index contributed by atoms with van der Waals surface area (Å²) in [6.45, 7) is 1.29. The monoisotopic (exact) mass is 336 g/mol. The van der Waals surface area contributed by atoms with Gasteiger partial charge in [0.25, 0.3) is 0 Å². The van der Waals surface area contributed by atoms with E-state index in [0.29, 0.717) is 11.0 Å². The van der Waals surface area contributed by atoms with Gasteiger partial charge in [0.2, 0.25) is 0 Å². The van der Waals surface area contributed by atoms with Gasteiger partial charge < -0.3 is 5.73 Å². The molecule has 2 nitrogen and oxygen atoms in total. The predicted molar refractivity (Wildman–Crippen MR) is 83.8 cm³/mol. The first-order valence-electron chi connectivity index (χ1n) is 6.51. The van der Waals surface area contributed by atoms with Crippen molar-refractivity contribution < 1.29 is 4.39 Å². The number of benzene rings is 2. The number of hydrogen-bond donors (Lipinski definition) is 1. The van der Waals surface area contributed by atoms with Crippen molar-refractivity contribution in [2.45, 2.75) is 12.6 Å². The minimum Gasteiger partial charge on any atom is -0.329 e. The van der Waals surface area contributed by atoms with Gasteiger partial charge in [0, 0.05) is 19.1 Å². The third-order valence-electron chi connectivity index (χ3n) is 3.36. The van der Waals surface area contributed by atoms with Crippen LogP contribution >= 0.6 is 15.9 Å². The molecule has 0 radical (unpaired) electrons. The molecule has 0 aromatic heterocycles. The van der Waals surface area contributed by atoms with E-state index in [2.05, 4.69) is 33.0 Å². The zero-order valence-corrected chi connectivity index (χ0v) is 13.0. The summed E-state index contributed by atoms with van der Waals surface area (Å²) in [7, 11) is 2.03. The molecule has 0 aliphatic rings. The molecule has 0 aliphatic carbocycles. The van der Waals surface area contributed by atoms with Crippen LogP contribution in [0.15, 0.2) is 53.0 Å². The van der Waals surface area contributed by atoms with Crippen molar-refractivity contribution >= 4 is 15.9 Å². The molecule has 2 rings (SSSR count). The van der Waals surface area contributed by atoms with Gasteiger partial charge >= 0.3 is 0 Å². The van der Waals surface area contributed by atoms with E-state index < -0.39 is 0 Å². The van der Waals surface area contributed by atoms with E-state index in [1.807, 2.05) is 25.2 Å². The lowest BCUT2D eigenvalue weighted by Crippen LogP contribution is -2.30. The SMILES string of the molecule is CN(Cc1ccccc1)C(CN)c1ccc(F)c(Br)c1. The van der Waals surface area contributed by atoms with Gasteiger partial charge in [-0.1, -0.05) is 36.4 Å². The summed E-state index contributed by atoms with van der Waals surface area (Å²) in [5.74, 6) is -0.254. The van der Waals surface area contributed by atoms with Crippen LogP contribution in [0.3, 0.4) is 0 Å². The van der Waals surface area contributed by atoms with Gasteiger partial charge in [0.1, 0.15) is 5.82 Å². The van der Waals surface area contributed by atoms with Gasteiger partial charge in [-0.2, -0.15) is 0 Å². The van der Waals surface area contributed by atoms with Gasteiger partial charge in [-0.15, -0.1) is 0 Å². The molecule has 106 valence electrons. The molecular weight excluding hydrogens is 319 g/mol. The Morgan fingerprint density at radius 2 is 1.90 bits per heavy atom. The second kappa shape index (κ2) is 6.97. The van der Waals surface area contributed by atoms with Gasteiger partial charge in [0.15, 0.2) is 0 Å². The Balaban J connectivity index is 2.16. The highest BCUT2D eigenvalue weighted by molar-refractivity contribution is 9.10. The first-order chi connectivity index (χ1) is 9.61. The van der Waals surface area contributed by atoms with E-state index in [4.69, 9.17) is 5.73 Å². The third kappa shape index (κ3) is 3.66. The van der Waals surface area contributed by atoms with E-state index in [0.717, 1.165) is 12.1 Å². The molecule has 4 heteroatoms. The summed E-state index contributed by atoms with van der Waals surface area (Å²) in [4.78, 5) is 2.18. The van der Waals surface area contributed by atoms with Crippen molar-refractivity contribution in [3.05, 3.63) is 69.9 Å². The van der Waals surface area contributed by atoms with Crippen LogP contribution in [-0.4, -0.2) is 18.5 Å². The quantitative estimate of drug-likeness (QED) is 0.901. The molecule has 0 bridgehead atoms. The minimum absolute atomic E-state index is 0.0621. The molecule has 0 heterocycles. The van der Waals surface area contributed by atoms with Crippen LogP contribution in [0.1, 0.15) is 17.2 Å². The average molecular weight is 337 g/mol. The number of hydrogen-bond acceptors (Lipinski definition) is 2. The summed E-state index contributed by atoms with van der Waals surface area (Å²) >= 11 is 3.23. The summed E-state index contributed by atoms with van der Waals surface area (Å²) in [5.41, 5.74) is 8.14. The van der Waals surface area contributed by atoms with Crippen LogP contribution in [0.2, 0.25) is 0 Å². The van der Waals surface area contributed by atoms with Crippen LogP contribution in [0, 0.1) is 5.82 Å². The van der Waals surface area contributed by atoms with Crippen molar-refractivity contribution in [1.82, 2.24) is 4.90 Å². The van der Waals surface area contributed by atoms with Crippen molar-refractivity contribution in [2.75, 3.05) is 13.6 Å². The first-order valence-corrected chi connectivity index (χ1v) is 7.30. The van der Waals surface area contributed by atoms with Gasteiger partial charge in [-0.05, 0) is 46.2 Å². The van der Waals surface area contributed by atoms with Crippen LogP contribution < -0.4 is 5.73 Å². The Bertz CT molecular complexity index is 560. The molecule has 1 unspecified atom stereocenters. The van der Waals surface area contributed by atoms with E-state index in [1.54, 1.807) is 12.1 Å². The number of nitrogens with zero attached hydrogens (tertiary/aromatic N) is 1. The largest absolute Gasteiger partial charge is 0.329 e. The highest BCUT2D eigenvalue weighted by Gasteiger charge is 2.16. The summed E-state index contributed by atoms with van der Waals surface area (Å²) in [6, 6.07) is 15.3. The number of rotatable bonds is 5. The van der Waals surface area contributed by atoms with Gasteiger partial charge in [-0.25, -0.2) is 4.39 Å². The van der Waals surface area contributed by atoms with E-state index in [1.165, 1.54) is 11.6 Å². The highest BCUT2D eigenvalue weighted by Crippen LogP contribution is 2.25. The fourth-order valence-electron chi connectivity index (χ4n) is 2.27. The van der Waals surface area contributed by atoms with E-state index in [-0.39, 0.29) is 11.9 Å². The van der Waals surface area contributed by atoms with Gasteiger partial charge in [0.05, 0.1) is 4.47 Å². The number of halogens is 2. The molecular formula is C16H18BrFN2. The van der Waals surface area contributed by atoms with E-state index in [9.17, 15) is 4.39 Å². The molecule has 2 N–H and O–H groups in total. The zero-order chi connectivity index (χ0) is 14.5. The lowest BCUT2D eigenvalue weighted by Gasteiger charge is -2.27. The standard InChI is InChI=1S/C16H18BrFN2/c1-20(11-12-5-3-2-4-6-12)16(10-19)13-7-8-15(18)14(17)9-13/h2-9,16H,10-11,19H2,1H3. The van der Waals surface area contributed by atoms with Crippen LogP contribution in [-0.2, 0) is 6.54 Å². The summed E-state index contributed by atoms with van der Waals surface area (Å²) < 4.78 is 13.8. The Morgan fingerprint density at radius 3 is 2.50 bits per heavy atom. The average Bonchev–Trinajstić information content (AvgIpc) is 2.44. The lowest BCUT2D eigenvalue weighted by atomic mass is 10.0. The molecule has 0 amide bonds. The maximum atomic E-state index is 13.3. The smallest absolute Gasteiger partial charge is 0.137 e. The fraction of sp³-hybridized carbons (Fsp3) is 0.250. The molecule has 1 atom stereocenters. The van der Waals surface area contributed by atoms with Crippen molar-refractivity contribution in [3.63, 3.8) is 0 Å². The molecule has 0 fully saturated rings. The van der Waals surface area contributed by atoms with E-state index >= 15 is 0 Å². The maximum Gasteiger partial charge on any atom is 0.137 e. The predicted octanol–water partition coefficient (Wildman–Crippen LogP) is 3.72. The topological polar surface area (TPSA) is 29.3 Å². The highest BCUT2D eigenvalue weighted by atomic mass is 79.9. The molecule has 20 heavy (non-hydrogen) atoms. The molecule has 0 saturated heterocycles. The van der Waals surface area contributed by atoms with Crippen molar-refractivity contribution in [2.24, 2.45) is 5.73 Å². The third-order valence-corrected chi connectivity index (χ3v) is 3.97. The second-order valence-electron chi connectivity index (χ2n) is 4.83. The normalized spacial score (nSPS) is 12.7. The molecule has 0 aliphatic heterocycles. The Morgan fingerprint density at radius 1 is 1.20 bits per heavy atom. The molecule has 2 aromatic rings. The minimum atomic E-state index is -0.254. The first kappa shape index (κ1) is 15.2. The molecule has 2 aromatic carbocycles. The van der Waals surface area contributed by atoms with Crippen molar-refractivity contribution in [3.8, 4) is 0 Å². The van der Waals surface area contributed by atoms with Crippen molar-refractivity contribution in [1.29, 1.82) is 0 Å². The lowest BCUT2D eigenvalue weighted by molar-refractivity contribution is 0.241. The maximum absolute atomic E-state index is 13.3. The summed E-state index contributed by atoms with van der Waals surface area (Å²) in [6.07, 6.45) is 0. The van der Waals surface area contributed by atoms with Crippen LogP contribution in [0.25, 0.3) is 0 Å². The Labute approximate surface area is 127 Å². The second-order valence-corrected chi connectivity index (χ2v) is 5.68. The zero-order valence-electron chi connectivity index (χ0n) is 11.4. The van der Waals surface area contributed by atoms with Crippen LogP contribution in [0.5, 0.6) is 0 Å². The summed E-state index contributed by atoms with van der Waals surface area (Å²) in [5, 5.41) is 0. The molecule has 0 saturated carbocycles. The van der Waals surface area contributed by atoms with Gasteiger partial charge in [-0.3, -0.25) is 4.90 Å². The Kier molecular flexibility index (Phi) is 5.29. The van der Waals surface area contributed by atoms with Crippen LogP contribution in [0.4, 0.5) is 4.39 Å². The fourth-order valence-corrected chi connectivity index (χ4v) is 2.67. The number of nitrogens with two attached hydrogens (primary N) is 1. The molecule has 0 spiro atoms.